The van der Waals surface area contributed by atoms with Crippen molar-refractivity contribution in [2.75, 3.05) is 0 Å². The van der Waals surface area contributed by atoms with Crippen LogP contribution in [-0.4, -0.2) is 11.1 Å². The summed E-state index contributed by atoms with van der Waals surface area (Å²) in [5.41, 5.74) is 1.50. The van der Waals surface area contributed by atoms with E-state index in [9.17, 15) is 4.79 Å². The van der Waals surface area contributed by atoms with Gasteiger partial charge in [-0.15, -0.1) is 11.3 Å². The molecule has 1 heterocycles. The molecule has 0 radical (unpaired) electrons. The van der Waals surface area contributed by atoms with Crippen molar-refractivity contribution in [2.24, 2.45) is 0 Å². The third-order valence-electron chi connectivity index (χ3n) is 2.44. The number of nitrogens with one attached hydrogen (secondary N) is 1. The summed E-state index contributed by atoms with van der Waals surface area (Å²) in [6.07, 6.45) is 0. The van der Waals surface area contributed by atoms with E-state index in [2.05, 4.69) is 5.32 Å². The first-order valence-electron chi connectivity index (χ1n) is 5.41. The van der Waals surface area contributed by atoms with Crippen molar-refractivity contribution in [1.82, 2.24) is 5.32 Å². The second kappa shape index (κ2) is 6.00. The Labute approximate surface area is 114 Å². The lowest BCUT2D eigenvalue weighted by Gasteiger charge is -2.03. The van der Waals surface area contributed by atoms with Gasteiger partial charge in [-0.1, -0.05) is 23.7 Å². The van der Waals surface area contributed by atoms with Gasteiger partial charge >= 0.3 is 5.97 Å². The molecule has 94 valence electrons. The van der Waals surface area contributed by atoms with Gasteiger partial charge in [0.15, 0.2) is 0 Å². The van der Waals surface area contributed by atoms with Crippen molar-refractivity contribution in [3.05, 3.63) is 56.7 Å². The lowest BCUT2D eigenvalue weighted by molar-refractivity contribution is 0.0697. The number of thiophene rings is 1. The number of aromatic carboxylic acids is 1. The highest BCUT2D eigenvalue weighted by Crippen LogP contribution is 2.15. The van der Waals surface area contributed by atoms with E-state index < -0.39 is 5.97 Å². The van der Waals surface area contributed by atoms with Crippen molar-refractivity contribution in [2.45, 2.75) is 13.1 Å². The van der Waals surface area contributed by atoms with Crippen LogP contribution in [0, 0.1) is 0 Å². The minimum Gasteiger partial charge on any atom is -0.478 e. The van der Waals surface area contributed by atoms with Crippen LogP contribution in [0.25, 0.3) is 0 Å². The van der Waals surface area contributed by atoms with Crippen LogP contribution in [0.2, 0.25) is 5.02 Å². The molecule has 0 aliphatic carbocycles. The van der Waals surface area contributed by atoms with Gasteiger partial charge in [0.2, 0.25) is 0 Å². The second-order valence-corrected chi connectivity index (χ2v) is 5.27. The molecule has 0 fully saturated rings. The lowest BCUT2D eigenvalue weighted by atomic mass is 10.2. The van der Waals surface area contributed by atoms with Gasteiger partial charge < -0.3 is 10.4 Å². The van der Waals surface area contributed by atoms with Gasteiger partial charge in [0.1, 0.15) is 0 Å². The average molecular weight is 282 g/mol. The van der Waals surface area contributed by atoms with Crippen molar-refractivity contribution in [3.8, 4) is 0 Å². The van der Waals surface area contributed by atoms with Crippen molar-refractivity contribution in [3.63, 3.8) is 0 Å². The van der Waals surface area contributed by atoms with Crippen LogP contribution in [0.3, 0.4) is 0 Å². The zero-order valence-corrected chi connectivity index (χ0v) is 11.1. The van der Waals surface area contributed by atoms with E-state index in [1.54, 1.807) is 11.4 Å². The summed E-state index contributed by atoms with van der Waals surface area (Å²) < 4.78 is 0. The molecule has 3 nitrogen and oxygen atoms in total. The summed E-state index contributed by atoms with van der Waals surface area (Å²) in [6.45, 7) is 1.40. The van der Waals surface area contributed by atoms with Gasteiger partial charge in [-0.2, -0.15) is 0 Å². The molecule has 1 aromatic carbocycles. The zero-order chi connectivity index (χ0) is 13.0. The molecule has 0 saturated carbocycles. The van der Waals surface area contributed by atoms with Gasteiger partial charge in [0.25, 0.3) is 0 Å². The molecular weight excluding hydrogens is 270 g/mol. The first-order valence-corrected chi connectivity index (χ1v) is 6.67. The Bertz CT molecular complexity index is 536. The zero-order valence-electron chi connectivity index (χ0n) is 9.52. The predicted molar refractivity (Wildman–Crippen MR) is 73.3 cm³/mol. The standard InChI is InChI=1S/C13H12ClNO2S/c14-11-3-1-9(2-4-11)6-15-7-12-5-10(8-18-12)13(16)17/h1-5,8,15H,6-7H2,(H,16,17). The first kappa shape index (κ1) is 13.1. The summed E-state index contributed by atoms with van der Waals surface area (Å²) in [7, 11) is 0. The fourth-order valence-electron chi connectivity index (χ4n) is 1.52. The van der Waals surface area contributed by atoms with E-state index in [4.69, 9.17) is 16.7 Å². The second-order valence-electron chi connectivity index (χ2n) is 3.84. The quantitative estimate of drug-likeness (QED) is 0.883. The Kier molecular flexibility index (Phi) is 4.36. The van der Waals surface area contributed by atoms with Gasteiger partial charge in [-0.25, -0.2) is 4.79 Å². The highest BCUT2D eigenvalue weighted by atomic mass is 35.5. The topological polar surface area (TPSA) is 49.3 Å². The van der Waals surface area contributed by atoms with Crippen LogP contribution in [0.1, 0.15) is 20.8 Å². The fourth-order valence-corrected chi connectivity index (χ4v) is 2.47. The van der Waals surface area contributed by atoms with Gasteiger partial charge in [-0.05, 0) is 23.8 Å². The maximum atomic E-state index is 10.7. The maximum absolute atomic E-state index is 10.7. The number of rotatable bonds is 5. The molecule has 0 amide bonds. The average Bonchev–Trinajstić information content (AvgIpc) is 2.81. The van der Waals surface area contributed by atoms with E-state index in [1.807, 2.05) is 24.3 Å². The molecule has 0 unspecified atom stereocenters. The van der Waals surface area contributed by atoms with Crippen LogP contribution in [0.4, 0.5) is 0 Å². The number of carboxylic acid groups (broad SMARTS) is 1. The molecule has 0 aliphatic heterocycles. The smallest absolute Gasteiger partial charge is 0.336 e. The SMILES string of the molecule is O=C(O)c1csc(CNCc2ccc(Cl)cc2)c1. The highest BCUT2D eigenvalue weighted by molar-refractivity contribution is 7.10. The Morgan fingerprint density at radius 1 is 1.28 bits per heavy atom. The summed E-state index contributed by atoms with van der Waals surface area (Å²) in [4.78, 5) is 11.7. The van der Waals surface area contributed by atoms with E-state index in [-0.39, 0.29) is 0 Å². The predicted octanol–water partition coefficient (Wildman–Crippen LogP) is 3.39. The Morgan fingerprint density at radius 2 is 2.00 bits per heavy atom. The van der Waals surface area contributed by atoms with Crippen molar-refractivity contribution < 1.29 is 9.90 Å². The summed E-state index contributed by atoms with van der Waals surface area (Å²) in [5.74, 6) is -0.879. The van der Waals surface area contributed by atoms with Gasteiger partial charge in [0.05, 0.1) is 5.56 Å². The molecule has 2 rings (SSSR count). The number of carboxylic acids is 1. The van der Waals surface area contributed by atoms with Crippen LogP contribution in [0.5, 0.6) is 0 Å². The Hall–Kier alpha value is -1.36. The van der Waals surface area contributed by atoms with Crippen molar-refractivity contribution >= 4 is 28.9 Å². The van der Waals surface area contributed by atoms with Gasteiger partial charge in [-0.3, -0.25) is 0 Å². The normalized spacial score (nSPS) is 10.5. The molecule has 18 heavy (non-hydrogen) atoms. The molecule has 0 bridgehead atoms. The molecule has 5 heteroatoms. The summed E-state index contributed by atoms with van der Waals surface area (Å²) >= 11 is 7.25. The van der Waals surface area contributed by atoms with E-state index in [1.165, 1.54) is 11.3 Å². The Balaban J connectivity index is 1.84. The number of carbonyl (C=O) groups is 1. The van der Waals surface area contributed by atoms with E-state index in [0.717, 1.165) is 22.0 Å². The number of hydrogen-bond donors (Lipinski definition) is 2. The van der Waals surface area contributed by atoms with Crippen LogP contribution >= 0.6 is 22.9 Å². The third-order valence-corrected chi connectivity index (χ3v) is 3.63. The molecule has 0 saturated heterocycles. The van der Waals surface area contributed by atoms with Crippen LogP contribution < -0.4 is 5.32 Å². The first-order chi connectivity index (χ1) is 8.65. The molecule has 2 N–H and O–H groups in total. The monoisotopic (exact) mass is 281 g/mol. The molecule has 0 atom stereocenters. The van der Waals surface area contributed by atoms with E-state index in [0.29, 0.717) is 12.1 Å². The molecule has 0 aliphatic rings. The van der Waals surface area contributed by atoms with Crippen molar-refractivity contribution in [1.29, 1.82) is 0 Å². The molecular formula is C13H12ClNO2S. The maximum Gasteiger partial charge on any atom is 0.336 e. The Morgan fingerprint density at radius 3 is 2.61 bits per heavy atom. The fraction of sp³-hybridized carbons (Fsp3) is 0.154. The molecule has 1 aromatic heterocycles. The van der Waals surface area contributed by atoms with Crippen LogP contribution in [0.15, 0.2) is 35.7 Å². The number of halogens is 1. The highest BCUT2D eigenvalue weighted by Gasteiger charge is 2.05. The molecule has 0 spiro atoms. The molecule has 2 aromatic rings. The van der Waals surface area contributed by atoms with Gasteiger partial charge in [0, 0.05) is 28.4 Å². The lowest BCUT2D eigenvalue weighted by Crippen LogP contribution is -2.11. The number of benzene rings is 1. The third kappa shape index (κ3) is 3.57. The number of hydrogen-bond acceptors (Lipinski definition) is 3. The minimum absolute atomic E-state index is 0.350. The largest absolute Gasteiger partial charge is 0.478 e. The minimum atomic E-state index is -0.879. The summed E-state index contributed by atoms with van der Waals surface area (Å²) in [6, 6.07) is 9.33. The van der Waals surface area contributed by atoms with Crippen LogP contribution in [-0.2, 0) is 13.1 Å². The van der Waals surface area contributed by atoms with E-state index >= 15 is 0 Å². The summed E-state index contributed by atoms with van der Waals surface area (Å²) in [5, 5.41) is 14.4.